The Hall–Kier alpha value is -1.34. The molecule has 0 aliphatic heterocycles. The zero-order valence-electron chi connectivity index (χ0n) is 12.5. The van der Waals surface area contributed by atoms with Gasteiger partial charge in [-0.3, -0.25) is 14.2 Å². The van der Waals surface area contributed by atoms with Crippen molar-refractivity contribution < 1.29 is 4.79 Å². The molecular weight excluding hydrogens is 366 g/mol. The number of amides is 1. The number of primary amides is 1. The van der Waals surface area contributed by atoms with Gasteiger partial charge in [0.15, 0.2) is 5.16 Å². The fraction of sp³-hybridized carbons (Fsp3) is 0.400. The van der Waals surface area contributed by atoms with E-state index in [4.69, 9.17) is 5.73 Å². The Morgan fingerprint density at radius 1 is 1.45 bits per heavy atom. The molecular formula is C15H18BrN3O2S. The summed E-state index contributed by atoms with van der Waals surface area (Å²) in [7, 11) is 0. The first-order valence-electron chi connectivity index (χ1n) is 7.14. The molecule has 2 N–H and O–H groups in total. The Bertz CT molecular complexity index is 760. The number of hydrogen-bond acceptors (Lipinski definition) is 4. The third kappa shape index (κ3) is 3.52. The summed E-state index contributed by atoms with van der Waals surface area (Å²) < 4.78 is 2.47. The van der Waals surface area contributed by atoms with Crippen LogP contribution in [-0.2, 0) is 11.3 Å². The summed E-state index contributed by atoms with van der Waals surface area (Å²) in [6.07, 6.45) is 1.41. The van der Waals surface area contributed by atoms with Gasteiger partial charge in [-0.25, -0.2) is 4.98 Å². The summed E-state index contributed by atoms with van der Waals surface area (Å²) in [4.78, 5) is 28.7. The topological polar surface area (TPSA) is 78.0 Å². The van der Waals surface area contributed by atoms with Crippen LogP contribution in [0.2, 0.25) is 0 Å². The average molecular weight is 384 g/mol. The highest BCUT2D eigenvalue weighted by Crippen LogP contribution is 2.25. The number of carbonyl (C=O) groups is 1. The maximum Gasteiger partial charge on any atom is 0.262 e. The summed E-state index contributed by atoms with van der Waals surface area (Å²) in [6.45, 7) is 4.45. The summed E-state index contributed by atoms with van der Waals surface area (Å²) in [5.41, 5.74) is 5.95. The Morgan fingerprint density at radius 3 is 2.77 bits per heavy atom. The maximum atomic E-state index is 12.7. The molecule has 7 heteroatoms. The van der Waals surface area contributed by atoms with Crippen molar-refractivity contribution in [1.29, 1.82) is 0 Å². The van der Waals surface area contributed by atoms with Gasteiger partial charge >= 0.3 is 0 Å². The summed E-state index contributed by atoms with van der Waals surface area (Å²) >= 11 is 4.64. The van der Waals surface area contributed by atoms with E-state index in [-0.39, 0.29) is 16.7 Å². The van der Waals surface area contributed by atoms with E-state index in [0.29, 0.717) is 29.0 Å². The van der Waals surface area contributed by atoms with Gasteiger partial charge in [-0.1, -0.05) is 41.5 Å². The molecule has 1 unspecified atom stereocenters. The van der Waals surface area contributed by atoms with E-state index in [1.165, 1.54) is 11.8 Å². The minimum atomic E-state index is -0.388. The van der Waals surface area contributed by atoms with E-state index in [9.17, 15) is 9.59 Å². The molecule has 0 saturated carbocycles. The van der Waals surface area contributed by atoms with E-state index in [1.54, 1.807) is 16.7 Å². The van der Waals surface area contributed by atoms with Crippen molar-refractivity contribution in [1.82, 2.24) is 9.55 Å². The van der Waals surface area contributed by atoms with Crippen LogP contribution in [-0.4, -0.2) is 20.7 Å². The van der Waals surface area contributed by atoms with Crippen molar-refractivity contribution in [2.24, 2.45) is 5.73 Å². The van der Waals surface area contributed by atoms with Crippen LogP contribution in [0, 0.1) is 0 Å². The van der Waals surface area contributed by atoms with E-state index in [0.717, 1.165) is 10.9 Å². The minimum absolute atomic E-state index is 0.0880. The number of benzene rings is 1. The Kier molecular flexibility index (Phi) is 5.63. The van der Waals surface area contributed by atoms with Gasteiger partial charge in [0.1, 0.15) is 0 Å². The van der Waals surface area contributed by atoms with Crippen molar-refractivity contribution in [2.45, 2.75) is 43.6 Å². The highest BCUT2D eigenvalue weighted by Gasteiger charge is 2.19. The molecule has 0 saturated heterocycles. The van der Waals surface area contributed by atoms with Gasteiger partial charge < -0.3 is 5.73 Å². The molecule has 118 valence electrons. The lowest BCUT2D eigenvalue weighted by Crippen LogP contribution is -2.28. The number of nitrogens with two attached hydrogens (primary N) is 1. The predicted octanol–water partition coefficient (Wildman–Crippen LogP) is 2.93. The van der Waals surface area contributed by atoms with Crippen molar-refractivity contribution in [3.8, 4) is 0 Å². The third-order valence-electron chi connectivity index (χ3n) is 3.26. The number of nitrogens with zero attached hydrogens (tertiary/aromatic N) is 2. The number of rotatable bonds is 6. The Balaban J connectivity index is 2.61. The number of hydrogen-bond donors (Lipinski definition) is 1. The average Bonchev–Trinajstić information content (AvgIpc) is 2.48. The zero-order chi connectivity index (χ0) is 16.3. The number of aromatic nitrogens is 2. The molecule has 1 aromatic carbocycles. The largest absolute Gasteiger partial charge is 0.369 e. The molecule has 2 aromatic rings. The predicted molar refractivity (Wildman–Crippen MR) is 93.1 cm³/mol. The van der Waals surface area contributed by atoms with Gasteiger partial charge in [0.2, 0.25) is 5.91 Å². The molecule has 0 aliphatic rings. The highest BCUT2D eigenvalue weighted by molar-refractivity contribution is 9.10. The quantitative estimate of drug-likeness (QED) is 0.614. The van der Waals surface area contributed by atoms with Crippen LogP contribution in [0.3, 0.4) is 0 Å². The fourth-order valence-electron chi connectivity index (χ4n) is 2.15. The molecule has 0 spiro atoms. The van der Waals surface area contributed by atoms with Crippen LogP contribution < -0.4 is 11.3 Å². The van der Waals surface area contributed by atoms with Gasteiger partial charge in [-0.15, -0.1) is 0 Å². The zero-order valence-corrected chi connectivity index (χ0v) is 14.9. The molecule has 0 radical (unpaired) electrons. The maximum absolute atomic E-state index is 12.7. The van der Waals surface area contributed by atoms with Gasteiger partial charge in [0, 0.05) is 11.0 Å². The second-order valence-electron chi connectivity index (χ2n) is 4.93. The van der Waals surface area contributed by atoms with E-state index in [2.05, 4.69) is 20.9 Å². The molecule has 2 rings (SSSR count). The van der Waals surface area contributed by atoms with Gasteiger partial charge in [-0.05, 0) is 31.0 Å². The lowest BCUT2D eigenvalue weighted by molar-refractivity contribution is -0.117. The van der Waals surface area contributed by atoms with Crippen LogP contribution >= 0.6 is 27.7 Å². The molecule has 5 nitrogen and oxygen atoms in total. The van der Waals surface area contributed by atoms with Crippen LogP contribution in [0.25, 0.3) is 10.9 Å². The second-order valence-corrected chi connectivity index (χ2v) is 7.02. The van der Waals surface area contributed by atoms with Gasteiger partial charge in [0.25, 0.3) is 5.56 Å². The molecule has 1 amide bonds. The SMILES string of the molecule is CCCn1c(SC(CC)C(N)=O)nc2ccc(Br)cc2c1=O. The summed E-state index contributed by atoms with van der Waals surface area (Å²) in [5.74, 6) is -0.388. The lowest BCUT2D eigenvalue weighted by Gasteiger charge is -2.15. The monoisotopic (exact) mass is 383 g/mol. The minimum Gasteiger partial charge on any atom is -0.369 e. The molecule has 1 atom stereocenters. The lowest BCUT2D eigenvalue weighted by atomic mass is 10.2. The third-order valence-corrected chi connectivity index (χ3v) is 5.13. The molecule has 22 heavy (non-hydrogen) atoms. The highest BCUT2D eigenvalue weighted by atomic mass is 79.9. The number of thioether (sulfide) groups is 1. The first-order chi connectivity index (χ1) is 10.5. The molecule has 0 fully saturated rings. The van der Waals surface area contributed by atoms with E-state index in [1.807, 2.05) is 19.9 Å². The van der Waals surface area contributed by atoms with Gasteiger partial charge in [0.05, 0.1) is 16.2 Å². The number of fused-ring (bicyclic) bond motifs is 1. The second kappa shape index (κ2) is 7.28. The van der Waals surface area contributed by atoms with E-state index < -0.39 is 0 Å². The van der Waals surface area contributed by atoms with Crippen LogP contribution in [0.5, 0.6) is 0 Å². The Morgan fingerprint density at radius 2 is 2.18 bits per heavy atom. The van der Waals surface area contributed by atoms with Crippen LogP contribution in [0.15, 0.2) is 32.6 Å². The molecule has 1 aromatic heterocycles. The Labute approximate surface area is 141 Å². The van der Waals surface area contributed by atoms with Crippen molar-refractivity contribution >= 4 is 44.5 Å². The summed E-state index contributed by atoms with van der Waals surface area (Å²) in [6, 6.07) is 5.42. The first-order valence-corrected chi connectivity index (χ1v) is 8.81. The number of halogens is 1. The smallest absolute Gasteiger partial charge is 0.262 e. The standard InChI is InChI=1S/C15H18BrN3O2S/c1-3-7-19-14(21)10-8-9(16)5-6-11(10)18-15(19)22-12(4-2)13(17)20/h5-6,8,12H,3-4,7H2,1-2H3,(H2,17,20). The molecule has 0 aliphatic carbocycles. The fourth-order valence-corrected chi connectivity index (χ4v) is 3.50. The summed E-state index contributed by atoms with van der Waals surface area (Å²) in [5, 5.41) is 0.731. The molecule has 1 heterocycles. The van der Waals surface area contributed by atoms with Gasteiger partial charge in [-0.2, -0.15) is 0 Å². The van der Waals surface area contributed by atoms with Crippen molar-refractivity contribution in [3.63, 3.8) is 0 Å². The van der Waals surface area contributed by atoms with Crippen LogP contribution in [0.4, 0.5) is 0 Å². The first kappa shape index (κ1) is 17.0. The number of carbonyl (C=O) groups excluding carboxylic acids is 1. The molecule has 0 bridgehead atoms. The van der Waals surface area contributed by atoms with E-state index >= 15 is 0 Å². The van der Waals surface area contributed by atoms with Crippen molar-refractivity contribution in [3.05, 3.63) is 33.0 Å². The normalized spacial score (nSPS) is 12.5. The van der Waals surface area contributed by atoms with Crippen LogP contribution in [0.1, 0.15) is 26.7 Å². The van der Waals surface area contributed by atoms with Crippen molar-refractivity contribution in [2.75, 3.05) is 0 Å².